The van der Waals surface area contributed by atoms with Gasteiger partial charge in [0.25, 0.3) is 0 Å². The minimum Gasteiger partial charge on any atom is -0.366 e. The van der Waals surface area contributed by atoms with Crippen LogP contribution >= 0.6 is 0 Å². The Morgan fingerprint density at radius 3 is 2.76 bits per heavy atom. The first kappa shape index (κ1) is 12.3. The molecule has 1 atom stereocenters. The molecule has 0 aromatic heterocycles. The normalized spacial score (nSPS) is 21.0. The van der Waals surface area contributed by atoms with Gasteiger partial charge in [-0.15, -0.1) is 0 Å². The fourth-order valence-electron chi connectivity index (χ4n) is 2.18. The second kappa shape index (κ2) is 5.00. The number of rotatable bonds is 2. The van der Waals surface area contributed by atoms with Crippen molar-refractivity contribution in [1.29, 1.82) is 0 Å². The van der Waals surface area contributed by atoms with E-state index in [1.165, 1.54) is 12.1 Å². The van der Waals surface area contributed by atoms with E-state index in [1.54, 1.807) is 0 Å². The molecule has 1 aromatic carbocycles. The van der Waals surface area contributed by atoms with E-state index in [0.29, 0.717) is 17.6 Å². The zero-order valence-corrected chi connectivity index (χ0v) is 10.2. The van der Waals surface area contributed by atoms with Crippen LogP contribution in [0.1, 0.15) is 13.8 Å². The molecule has 0 bridgehead atoms. The number of piperazine rings is 1. The van der Waals surface area contributed by atoms with E-state index in [2.05, 4.69) is 19.2 Å². The molecule has 0 amide bonds. The summed E-state index contributed by atoms with van der Waals surface area (Å²) in [6, 6.07) is 4.13. The zero-order chi connectivity index (χ0) is 12.4. The summed E-state index contributed by atoms with van der Waals surface area (Å²) < 4.78 is 26.5. The van der Waals surface area contributed by atoms with Crippen LogP contribution < -0.4 is 10.2 Å². The number of nitrogens with zero attached hydrogens (tertiary/aromatic N) is 1. The summed E-state index contributed by atoms with van der Waals surface area (Å²) in [6.45, 7) is 6.63. The fraction of sp³-hybridized carbons (Fsp3) is 0.538. The molecule has 0 radical (unpaired) electrons. The first-order valence-electron chi connectivity index (χ1n) is 6.01. The van der Waals surface area contributed by atoms with Gasteiger partial charge in [0.15, 0.2) is 0 Å². The number of hydrogen-bond acceptors (Lipinski definition) is 2. The lowest BCUT2D eigenvalue weighted by atomic mass is 10.0. The fourth-order valence-corrected chi connectivity index (χ4v) is 2.18. The SMILES string of the molecule is CC(C)C1CN(c2ccc(F)cc2F)CCN1. The highest BCUT2D eigenvalue weighted by Crippen LogP contribution is 2.22. The maximum atomic E-state index is 13.7. The Morgan fingerprint density at radius 1 is 1.35 bits per heavy atom. The smallest absolute Gasteiger partial charge is 0.149 e. The summed E-state index contributed by atoms with van der Waals surface area (Å²) in [4.78, 5) is 1.98. The number of anilines is 1. The summed E-state index contributed by atoms with van der Waals surface area (Å²) in [5, 5.41) is 3.41. The second-order valence-corrected chi connectivity index (χ2v) is 4.85. The Bertz CT molecular complexity index is 393. The topological polar surface area (TPSA) is 15.3 Å². The predicted molar refractivity (Wildman–Crippen MR) is 65.2 cm³/mol. The maximum absolute atomic E-state index is 13.7. The van der Waals surface area contributed by atoms with Gasteiger partial charge in [-0.05, 0) is 18.1 Å². The molecular weight excluding hydrogens is 222 g/mol. The molecule has 17 heavy (non-hydrogen) atoms. The second-order valence-electron chi connectivity index (χ2n) is 4.85. The zero-order valence-electron chi connectivity index (χ0n) is 10.2. The molecule has 1 aromatic rings. The van der Waals surface area contributed by atoms with Gasteiger partial charge in [-0.2, -0.15) is 0 Å². The molecule has 1 N–H and O–H groups in total. The van der Waals surface area contributed by atoms with Gasteiger partial charge >= 0.3 is 0 Å². The van der Waals surface area contributed by atoms with E-state index in [1.807, 2.05) is 4.90 Å². The third-order valence-corrected chi connectivity index (χ3v) is 3.26. The summed E-state index contributed by atoms with van der Waals surface area (Å²) in [5.74, 6) is -0.502. The highest BCUT2D eigenvalue weighted by atomic mass is 19.1. The van der Waals surface area contributed by atoms with E-state index in [0.717, 1.165) is 25.7 Å². The van der Waals surface area contributed by atoms with Crippen molar-refractivity contribution in [3.63, 3.8) is 0 Å². The minimum atomic E-state index is -0.526. The first-order valence-corrected chi connectivity index (χ1v) is 6.01. The van der Waals surface area contributed by atoms with Crippen LogP contribution in [0.25, 0.3) is 0 Å². The Labute approximate surface area is 101 Å². The van der Waals surface area contributed by atoms with E-state index in [4.69, 9.17) is 0 Å². The lowest BCUT2D eigenvalue weighted by Gasteiger charge is -2.37. The average Bonchev–Trinajstić information content (AvgIpc) is 2.29. The number of nitrogens with one attached hydrogen (secondary N) is 1. The van der Waals surface area contributed by atoms with Crippen molar-refractivity contribution >= 4 is 5.69 Å². The summed E-state index contributed by atoms with van der Waals surface area (Å²) in [6.07, 6.45) is 0. The Hall–Kier alpha value is -1.16. The molecule has 0 aliphatic carbocycles. The summed E-state index contributed by atoms with van der Waals surface area (Å²) in [7, 11) is 0. The molecule has 1 aliphatic heterocycles. The molecule has 1 unspecified atom stereocenters. The maximum Gasteiger partial charge on any atom is 0.149 e. The standard InChI is InChI=1S/C13H18F2N2/c1-9(2)12-8-17(6-5-16-12)13-4-3-10(14)7-11(13)15/h3-4,7,9,12,16H,5-6,8H2,1-2H3. The summed E-state index contributed by atoms with van der Waals surface area (Å²) in [5.41, 5.74) is 0.499. The van der Waals surface area contributed by atoms with Crippen LogP contribution in [0.5, 0.6) is 0 Å². The largest absolute Gasteiger partial charge is 0.366 e. The molecule has 0 spiro atoms. The lowest BCUT2D eigenvalue weighted by molar-refractivity contribution is 0.366. The third-order valence-electron chi connectivity index (χ3n) is 3.26. The predicted octanol–water partition coefficient (Wildman–Crippen LogP) is 2.40. The van der Waals surface area contributed by atoms with Crippen molar-refractivity contribution < 1.29 is 8.78 Å². The van der Waals surface area contributed by atoms with Gasteiger partial charge in [0.2, 0.25) is 0 Å². The highest BCUT2D eigenvalue weighted by Gasteiger charge is 2.23. The van der Waals surface area contributed by atoms with Gasteiger partial charge in [0.05, 0.1) is 5.69 Å². The number of benzene rings is 1. The quantitative estimate of drug-likeness (QED) is 0.854. The van der Waals surface area contributed by atoms with Crippen molar-refractivity contribution in [3.05, 3.63) is 29.8 Å². The average molecular weight is 240 g/mol. The van der Waals surface area contributed by atoms with Crippen LogP contribution in [0, 0.1) is 17.6 Å². The molecule has 1 saturated heterocycles. The number of halogens is 2. The van der Waals surface area contributed by atoms with Gasteiger partial charge in [0.1, 0.15) is 11.6 Å². The van der Waals surface area contributed by atoms with E-state index in [9.17, 15) is 8.78 Å². The summed E-state index contributed by atoms with van der Waals surface area (Å²) >= 11 is 0. The van der Waals surface area contributed by atoms with Crippen LogP contribution in [-0.2, 0) is 0 Å². The molecule has 2 nitrogen and oxygen atoms in total. The lowest BCUT2D eigenvalue weighted by Crippen LogP contribution is -2.53. The first-order chi connectivity index (χ1) is 8.08. The van der Waals surface area contributed by atoms with Crippen LogP contribution in [0.15, 0.2) is 18.2 Å². The van der Waals surface area contributed by atoms with E-state index < -0.39 is 11.6 Å². The van der Waals surface area contributed by atoms with E-state index in [-0.39, 0.29) is 0 Å². The molecule has 94 valence electrons. The Balaban J connectivity index is 2.16. The van der Waals surface area contributed by atoms with Gasteiger partial charge in [-0.1, -0.05) is 13.8 Å². The number of hydrogen-bond donors (Lipinski definition) is 1. The Kier molecular flexibility index (Phi) is 3.62. The van der Waals surface area contributed by atoms with Gasteiger partial charge in [-0.3, -0.25) is 0 Å². The molecule has 1 fully saturated rings. The third kappa shape index (κ3) is 2.75. The Morgan fingerprint density at radius 2 is 2.12 bits per heavy atom. The highest BCUT2D eigenvalue weighted by molar-refractivity contribution is 5.48. The van der Waals surface area contributed by atoms with Crippen molar-refractivity contribution in [3.8, 4) is 0 Å². The molecule has 4 heteroatoms. The minimum absolute atomic E-state index is 0.355. The van der Waals surface area contributed by atoms with Crippen molar-refractivity contribution in [2.45, 2.75) is 19.9 Å². The molecule has 0 saturated carbocycles. The monoisotopic (exact) mass is 240 g/mol. The van der Waals surface area contributed by atoms with Gasteiger partial charge in [0, 0.05) is 31.7 Å². The van der Waals surface area contributed by atoms with Crippen molar-refractivity contribution in [2.75, 3.05) is 24.5 Å². The van der Waals surface area contributed by atoms with Crippen LogP contribution in [0.3, 0.4) is 0 Å². The van der Waals surface area contributed by atoms with Crippen molar-refractivity contribution in [2.24, 2.45) is 5.92 Å². The van der Waals surface area contributed by atoms with E-state index >= 15 is 0 Å². The van der Waals surface area contributed by atoms with Crippen LogP contribution in [-0.4, -0.2) is 25.7 Å². The van der Waals surface area contributed by atoms with Crippen molar-refractivity contribution in [1.82, 2.24) is 5.32 Å². The van der Waals surface area contributed by atoms with Crippen LogP contribution in [0.2, 0.25) is 0 Å². The molecular formula is C13H18F2N2. The van der Waals surface area contributed by atoms with Gasteiger partial charge < -0.3 is 10.2 Å². The molecule has 2 rings (SSSR count). The van der Waals surface area contributed by atoms with Gasteiger partial charge in [-0.25, -0.2) is 8.78 Å². The molecule has 1 heterocycles. The van der Waals surface area contributed by atoms with Crippen LogP contribution in [0.4, 0.5) is 14.5 Å². The molecule has 1 aliphatic rings.